The van der Waals surface area contributed by atoms with E-state index in [1.54, 1.807) is 0 Å². The Labute approximate surface area is 193 Å². The fraction of sp³-hybridized carbons (Fsp3) is 0.500. The van der Waals surface area contributed by atoms with Gasteiger partial charge in [0.1, 0.15) is 12.2 Å². The van der Waals surface area contributed by atoms with E-state index >= 15 is 0 Å². The molecule has 4 heterocycles. The molecule has 0 aliphatic carbocycles. The second-order valence-electron chi connectivity index (χ2n) is 8.89. The molecule has 3 aliphatic heterocycles. The van der Waals surface area contributed by atoms with Gasteiger partial charge in [0, 0.05) is 32.7 Å². The largest absolute Gasteiger partial charge is 0.446 e. The van der Waals surface area contributed by atoms with Crippen LogP contribution in [0.1, 0.15) is 24.0 Å². The van der Waals surface area contributed by atoms with Crippen molar-refractivity contribution in [3.05, 3.63) is 53.9 Å². The Morgan fingerprint density at radius 1 is 1.09 bits per heavy atom. The topological polar surface area (TPSA) is 94.8 Å². The fourth-order valence-corrected chi connectivity index (χ4v) is 4.90. The number of amides is 1. The molecule has 2 unspecified atom stereocenters. The molecule has 0 N–H and O–H groups in total. The zero-order valence-electron chi connectivity index (χ0n) is 18.5. The minimum Gasteiger partial charge on any atom is -0.446 e. The number of piperazine rings is 1. The van der Waals surface area contributed by atoms with Crippen molar-refractivity contribution in [2.45, 2.75) is 37.6 Å². The molecule has 0 radical (unpaired) electrons. The van der Waals surface area contributed by atoms with Crippen molar-refractivity contribution in [1.82, 2.24) is 19.8 Å². The van der Waals surface area contributed by atoms with Crippen molar-refractivity contribution < 1.29 is 14.3 Å². The molecule has 1 aromatic carbocycles. The first kappa shape index (κ1) is 21.6. The second kappa shape index (κ2) is 9.73. The van der Waals surface area contributed by atoms with Gasteiger partial charge in [-0.05, 0) is 18.4 Å². The Morgan fingerprint density at radius 3 is 2.39 bits per heavy atom. The zero-order chi connectivity index (χ0) is 22.6. The molecule has 0 saturated carbocycles. The highest BCUT2D eigenvalue weighted by Gasteiger charge is 2.43. The number of carbonyl (C=O) groups is 1. The molecule has 9 heteroatoms. The number of piperidine rings is 1. The van der Waals surface area contributed by atoms with E-state index in [1.807, 2.05) is 17.0 Å². The van der Waals surface area contributed by atoms with E-state index in [9.17, 15) is 4.79 Å². The van der Waals surface area contributed by atoms with Gasteiger partial charge in [0.05, 0.1) is 43.3 Å². The minimum atomic E-state index is -0.241. The summed E-state index contributed by atoms with van der Waals surface area (Å²) in [6.07, 6.45) is 4.47. The van der Waals surface area contributed by atoms with Crippen LogP contribution in [0.5, 0.6) is 0 Å². The zero-order valence-corrected chi connectivity index (χ0v) is 18.5. The van der Waals surface area contributed by atoms with Gasteiger partial charge in [0.25, 0.3) is 0 Å². The van der Waals surface area contributed by atoms with Crippen LogP contribution in [0.4, 0.5) is 10.7 Å². The van der Waals surface area contributed by atoms with Crippen LogP contribution in [-0.2, 0) is 16.0 Å². The van der Waals surface area contributed by atoms with E-state index in [-0.39, 0.29) is 24.3 Å². The third-order valence-electron chi connectivity index (χ3n) is 6.58. The molecule has 2 atom stereocenters. The third-order valence-corrected chi connectivity index (χ3v) is 6.58. The number of hydrogen-bond donors (Lipinski definition) is 0. The van der Waals surface area contributed by atoms with Crippen LogP contribution in [0.2, 0.25) is 0 Å². The molecule has 2 bridgehead atoms. The summed E-state index contributed by atoms with van der Waals surface area (Å²) in [5.74, 6) is 0.574. The smallest absolute Gasteiger partial charge is 0.410 e. The van der Waals surface area contributed by atoms with Gasteiger partial charge in [-0.2, -0.15) is 5.26 Å². The lowest BCUT2D eigenvalue weighted by atomic mass is 10.0. The summed E-state index contributed by atoms with van der Waals surface area (Å²) in [6.45, 7) is 4.86. The number of aromatic nitrogens is 2. The van der Waals surface area contributed by atoms with E-state index in [1.165, 1.54) is 18.0 Å². The first-order chi connectivity index (χ1) is 16.2. The number of hydrogen-bond acceptors (Lipinski definition) is 8. The summed E-state index contributed by atoms with van der Waals surface area (Å²) >= 11 is 0. The Morgan fingerprint density at radius 2 is 1.76 bits per heavy atom. The maximum absolute atomic E-state index is 13.1. The lowest BCUT2D eigenvalue weighted by molar-refractivity contribution is -0.0629. The van der Waals surface area contributed by atoms with Crippen LogP contribution in [0.15, 0.2) is 42.7 Å². The Bertz CT molecular complexity index is 974. The van der Waals surface area contributed by atoms with E-state index in [0.29, 0.717) is 37.8 Å². The van der Waals surface area contributed by atoms with E-state index < -0.39 is 0 Å². The van der Waals surface area contributed by atoms with Gasteiger partial charge in [-0.1, -0.05) is 30.3 Å². The maximum atomic E-state index is 13.1. The summed E-state index contributed by atoms with van der Waals surface area (Å²) in [6, 6.07) is 12.3. The second-order valence-corrected chi connectivity index (χ2v) is 8.89. The normalized spacial score (nSPS) is 23.7. The van der Waals surface area contributed by atoms with Crippen molar-refractivity contribution in [2.24, 2.45) is 0 Å². The highest BCUT2D eigenvalue weighted by atomic mass is 16.6. The number of ether oxygens (including phenoxy) is 2. The molecular formula is C24H28N6O3. The Kier molecular flexibility index (Phi) is 6.37. The molecule has 9 nitrogen and oxygen atoms in total. The lowest BCUT2D eigenvalue weighted by Gasteiger charge is -2.49. The standard InChI is InChI=1S/C24H28N6O3/c25-10-19-11-26-23(27-12-19)29-14-20-16-32-17-21(15-29)30(20)24(31)33-22-6-8-28(9-7-22)13-18-4-2-1-3-5-18/h1-5,11-12,20-22H,6-9,13-17H2. The summed E-state index contributed by atoms with van der Waals surface area (Å²) in [5, 5.41) is 8.96. The molecule has 0 spiro atoms. The van der Waals surface area contributed by atoms with E-state index in [4.69, 9.17) is 14.7 Å². The highest BCUT2D eigenvalue weighted by Crippen LogP contribution is 2.26. The van der Waals surface area contributed by atoms with Gasteiger partial charge in [0.15, 0.2) is 0 Å². The number of nitrogens with zero attached hydrogens (tertiary/aromatic N) is 6. The molecule has 3 saturated heterocycles. The average molecular weight is 449 g/mol. The van der Waals surface area contributed by atoms with Crippen LogP contribution < -0.4 is 4.90 Å². The summed E-state index contributed by atoms with van der Waals surface area (Å²) < 4.78 is 11.7. The van der Waals surface area contributed by atoms with Crippen molar-refractivity contribution in [1.29, 1.82) is 5.26 Å². The summed E-state index contributed by atoms with van der Waals surface area (Å²) in [7, 11) is 0. The van der Waals surface area contributed by atoms with Crippen molar-refractivity contribution in [3.8, 4) is 6.07 Å². The van der Waals surface area contributed by atoms with Crippen LogP contribution >= 0.6 is 0 Å². The quantitative estimate of drug-likeness (QED) is 0.701. The van der Waals surface area contributed by atoms with E-state index in [2.05, 4.69) is 44.0 Å². The predicted octanol–water partition coefficient (Wildman–Crippen LogP) is 2.04. The average Bonchev–Trinajstić information content (AvgIpc) is 2.85. The first-order valence-electron chi connectivity index (χ1n) is 11.5. The Balaban J connectivity index is 1.15. The van der Waals surface area contributed by atoms with Crippen molar-refractivity contribution >= 4 is 12.0 Å². The molecule has 3 fully saturated rings. The molecule has 5 rings (SSSR count). The van der Waals surface area contributed by atoms with Gasteiger partial charge in [-0.3, -0.25) is 9.80 Å². The number of rotatable bonds is 4. The first-order valence-corrected chi connectivity index (χ1v) is 11.5. The van der Waals surface area contributed by atoms with Crippen molar-refractivity contribution in [3.63, 3.8) is 0 Å². The molecule has 172 valence electrons. The number of fused-ring (bicyclic) bond motifs is 2. The lowest BCUT2D eigenvalue weighted by Crippen LogP contribution is -2.66. The van der Waals surface area contributed by atoms with E-state index in [0.717, 1.165) is 32.5 Å². The summed E-state index contributed by atoms with van der Waals surface area (Å²) in [5.41, 5.74) is 1.74. The minimum absolute atomic E-state index is 0.0499. The maximum Gasteiger partial charge on any atom is 0.410 e. The van der Waals surface area contributed by atoms with Gasteiger partial charge < -0.3 is 14.4 Å². The Hall–Kier alpha value is -3.22. The third kappa shape index (κ3) is 4.92. The number of likely N-dealkylation sites (tertiary alicyclic amines) is 1. The van der Waals surface area contributed by atoms with Crippen LogP contribution in [0.3, 0.4) is 0 Å². The molecule has 2 aromatic rings. The van der Waals surface area contributed by atoms with Gasteiger partial charge in [-0.25, -0.2) is 14.8 Å². The predicted molar refractivity (Wildman–Crippen MR) is 120 cm³/mol. The fourth-order valence-electron chi connectivity index (χ4n) is 4.90. The molecule has 3 aliphatic rings. The van der Waals surface area contributed by atoms with Crippen molar-refractivity contribution in [2.75, 3.05) is 44.3 Å². The highest BCUT2D eigenvalue weighted by molar-refractivity contribution is 5.69. The molecular weight excluding hydrogens is 420 g/mol. The number of anilines is 1. The van der Waals surface area contributed by atoms with Gasteiger partial charge >= 0.3 is 6.09 Å². The monoisotopic (exact) mass is 448 g/mol. The van der Waals surface area contributed by atoms with Crippen LogP contribution in [0.25, 0.3) is 0 Å². The van der Waals surface area contributed by atoms with Gasteiger partial charge in [-0.15, -0.1) is 0 Å². The number of morpholine rings is 1. The number of carbonyl (C=O) groups excluding carboxylic acids is 1. The molecule has 1 amide bonds. The summed E-state index contributed by atoms with van der Waals surface area (Å²) in [4.78, 5) is 28.1. The SMILES string of the molecule is N#Cc1cnc(N2CC3COCC(C2)N3C(=O)OC2CCN(Cc3ccccc3)CC2)nc1. The van der Waals surface area contributed by atoms with Crippen LogP contribution in [0, 0.1) is 11.3 Å². The molecule has 1 aromatic heterocycles. The van der Waals surface area contributed by atoms with Crippen LogP contribution in [-0.4, -0.2) is 83.4 Å². The molecule has 33 heavy (non-hydrogen) atoms. The number of benzene rings is 1. The number of nitriles is 1. The van der Waals surface area contributed by atoms with Gasteiger partial charge in [0.2, 0.25) is 5.95 Å².